The molecule has 0 fully saturated rings. The Morgan fingerprint density at radius 1 is 1.29 bits per heavy atom. The van der Waals surface area contributed by atoms with Crippen molar-refractivity contribution in [3.8, 4) is 0 Å². The minimum absolute atomic E-state index is 0.641. The van der Waals surface area contributed by atoms with Crippen molar-refractivity contribution in [2.45, 2.75) is 24.0 Å². The van der Waals surface area contributed by atoms with E-state index in [9.17, 15) is 13.2 Å². The molecule has 0 spiro atoms. The largest absolute Gasteiger partial charge is 0.417 e. The van der Waals surface area contributed by atoms with Crippen LogP contribution in [0.2, 0.25) is 0 Å². The number of alkyl halides is 3. The number of hydrogen-bond acceptors (Lipinski definition) is 3. The lowest BCUT2D eigenvalue weighted by molar-refractivity contribution is -0.137. The maximum atomic E-state index is 12.3. The fraction of sp³-hybridized carbons (Fsp3) is 0.545. The fourth-order valence-corrected chi connectivity index (χ4v) is 2.06. The molecule has 0 atom stereocenters. The quantitative estimate of drug-likeness (QED) is 0.631. The van der Waals surface area contributed by atoms with Crippen LogP contribution in [0.4, 0.5) is 13.2 Å². The summed E-state index contributed by atoms with van der Waals surface area (Å²) in [7, 11) is 1.89. The average Bonchev–Trinajstić information content (AvgIpc) is 2.28. The van der Waals surface area contributed by atoms with E-state index in [-0.39, 0.29) is 0 Å². The summed E-state index contributed by atoms with van der Waals surface area (Å²) in [6, 6.07) is 2.49. The van der Waals surface area contributed by atoms with Gasteiger partial charge in [0.05, 0.1) is 10.6 Å². The number of thioether (sulfide) groups is 1. The van der Waals surface area contributed by atoms with Crippen LogP contribution in [0.3, 0.4) is 0 Å². The molecule has 0 unspecified atom stereocenters. The van der Waals surface area contributed by atoms with E-state index in [1.54, 1.807) is 0 Å². The Morgan fingerprint density at radius 3 is 2.59 bits per heavy atom. The molecule has 0 aliphatic carbocycles. The topological polar surface area (TPSA) is 24.9 Å². The maximum Gasteiger partial charge on any atom is 0.417 e. The van der Waals surface area contributed by atoms with Gasteiger partial charge < -0.3 is 5.32 Å². The van der Waals surface area contributed by atoms with Crippen LogP contribution in [0.1, 0.15) is 18.4 Å². The summed E-state index contributed by atoms with van der Waals surface area (Å²) in [6.45, 7) is 0.959. The SMILES string of the molecule is CNCCCCSc1ccc(C(F)(F)F)cn1. The molecule has 0 amide bonds. The second kappa shape index (κ2) is 6.86. The van der Waals surface area contributed by atoms with E-state index in [0.29, 0.717) is 5.03 Å². The molecule has 96 valence electrons. The molecule has 6 heteroatoms. The summed E-state index contributed by atoms with van der Waals surface area (Å²) in [6.07, 6.45) is -1.34. The molecular weight excluding hydrogens is 249 g/mol. The van der Waals surface area contributed by atoms with E-state index >= 15 is 0 Å². The van der Waals surface area contributed by atoms with Gasteiger partial charge in [-0.15, -0.1) is 11.8 Å². The highest BCUT2D eigenvalue weighted by Crippen LogP contribution is 2.29. The number of nitrogens with one attached hydrogen (secondary N) is 1. The summed E-state index contributed by atoms with van der Waals surface area (Å²) >= 11 is 1.48. The van der Waals surface area contributed by atoms with Gasteiger partial charge in [0.2, 0.25) is 0 Å². The lowest BCUT2D eigenvalue weighted by Crippen LogP contribution is -2.07. The fourth-order valence-electron chi connectivity index (χ4n) is 1.21. The van der Waals surface area contributed by atoms with E-state index in [1.165, 1.54) is 17.8 Å². The van der Waals surface area contributed by atoms with Crippen LogP contribution in [0.15, 0.2) is 23.4 Å². The van der Waals surface area contributed by atoms with E-state index < -0.39 is 11.7 Å². The van der Waals surface area contributed by atoms with Crippen LogP contribution in [-0.4, -0.2) is 24.3 Å². The van der Waals surface area contributed by atoms with Gasteiger partial charge in [0.1, 0.15) is 0 Å². The van der Waals surface area contributed by atoms with Gasteiger partial charge in [0.25, 0.3) is 0 Å². The molecule has 0 saturated carbocycles. The Bertz CT molecular complexity index is 324. The van der Waals surface area contributed by atoms with Crippen LogP contribution in [0.5, 0.6) is 0 Å². The molecule has 0 aliphatic heterocycles. The van der Waals surface area contributed by atoms with Crippen molar-refractivity contribution in [3.63, 3.8) is 0 Å². The van der Waals surface area contributed by atoms with Crippen molar-refractivity contribution >= 4 is 11.8 Å². The first kappa shape index (κ1) is 14.3. The molecule has 0 radical (unpaired) electrons. The number of unbranched alkanes of at least 4 members (excludes halogenated alkanes) is 1. The Morgan fingerprint density at radius 2 is 2.06 bits per heavy atom. The van der Waals surface area contributed by atoms with Gasteiger partial charge >= 0.3 is 6.18 Å². The lowest BCUT2D eigenvalue weighted by atomic mass is 10.3. The smallest absolute Gasteiger partial charge is 0.320 e. The van der Waals surface area contributed by atoms with Gasteiger partial charge in [-0.2, -0.15) is 13.2 Å². The van der Waals surface area contributed by atoms with Crippen molar-refractivity contribution in [2.75, 3.05) is 19.3 Å². The molecule has 1 rings (SSSR count). The second-order valence-corrected chi connectivity index (χ2v) is 4.66. The van der Waals surface area contributed by atoms with Crippen LogP contribution >= 0.6 is 11.8 Å². The van der Waals surface area contributed by atoms with Gasteiger partial charge in [-0.05, 0) is 44.3 Å². The Balaban J connectivity index is 2.36. The van der Waals surface area contributed by atoms with Crippen LogP contribution < -0.4 is 5.32 Å². The summed E-state index contributed by atoms with van der Waals surface area (Å²) in [5.74, 6) is 0.875. The maximum absolute atomic E-state index is 12.3. The number of hydrogen-bond donors (Lipinski definition) is 1. The molecule has 0 bridgehead atoms. The van der Waals surface area contributed by atoms with E-state index in [0.717, 1.165) is 37.4 Å². The average molecular weight is 264 g/mol. The predicted octanol–water partition coefficient (Wildman–Crippen LogP) is 3.19. The van der Waals surface area contributed by atoms with Crippen LogP contribution in [0, 0.1) is 0 Å². The van der Waals surface area contributed by atoms with Crippen LogP contribution in [0.25, 0.3) is 0 Å². The summed E-state index contributed by atoms with van der Waals surface area (Å²) < 4.78 is 36.8. The van der Waals surface area contributed by atoms with Crippen molar-refractivity contribution in [2.24, 2.45) is 0 Å². The third kappa shape index (κ3) is 5.41. The molecule has 0 aromatic carbocycles. The van der Waals surface area contributed by atoms with Gasteiger partial charge in [0, 0.05) is 6.20 Å². The normalized spacial score (nSPS) is 11.8. The predicted molar refractivity (Wildman–Crippen MR) is 63.1 cm³/mol. The molecule has 0 saturated heterocycles. The number of rotatable bonds is 6. The van der Waals surface area contributed by atoms with Crippen molar-refractivity contribution in [1.29, 1.82) is 0 Å². The van der Waals surface area contributed by atoms with Crippen LogP contribution in [-0.2, 0) is 6.18 Å². The minimum atomic E-state index is -4.30. The molecular formula is C11H15F3N2S. The van der Waals surface area contributed by atoms with Crippen molar-refractivity contribution in [3.05, 3.63) is 23.9 Å². The molecule has 1 N–H and O–H groups in total. The summed E-state index contributed by atoms with van der Waals surface area (Å²) in [5.41, 5.74) is -0.697. The third-order valence-electron chi connectivity index (χ3n) is 2.13. The number of pyridine rings is 1. The highest BCUT2D eigenvalue weighted by molar-refractivity contribution is 7.99. The minimum Gasteiger partial charge on any atom is -0.320 e. The molecule has 17 heavy (non-hydrogen) atoms. The molecule has 1 aromatic heterocycles. The zero-order valence-electron chi connectivity index (χ0n) is 9.55. The second-order valence-electron chi connectivity index (χ2n) is 3.54. The third-order valence-corrected chi connectivity index (χ3v) is 3.16. The first-order chi connectivity index (χ1) is 8.04. The zero-order chi connectivity index (χ0) is 12.7. The molecule has 1 aromatic rings. The van der Waals surface area contributed by atoms with Crippen molar-refractivity contribution < 1.29 is 13.2 Å². The Labute approximate surface area is 103 Å². The van der Waals surface area contributed by atoms with Gasteiger partial charge in [-0.25, -0.2) is 4.98 Å². The van der Waals surface area contributed by atoms with E-state index in [2.05, 4.69) is 10.3 Å². The Kier molecular flexibility index (Phi) is 5.77. The number of nitrogens with zero attached hydrogens (tertiary/aromatic N) is 1. The van der Waals surface area contributed by atoms with E-state index in [1.807, 2.05) is 7.05 Å². The first-order valence-corrected chi connectivity index (χ1v) is 6.33. The molecule has 2 nitrogen and oxygen atoms in total. The summed E-state index contributed by atoms with van der Waals surface area (Å²) in [4.78, 5) is 3.79. The van der Waals surface area contributed by atoms with E-state index in [4.69, 9.17) is 0 Å². The summed E-state index contributed by atoms with van der Waals surface area (Å²) in [5, 5.41) is 3.68. The monoisotopic (exact) mass is 264 g/mol. The first-order valence-electron chi connectivity index (χ1n) is 5.34. The van der Waals surface area contributed by atoms with Gasteiger partial charge in [-0.1, -0.05) is 0 Å². The standard InChI is InChI=1S/C11H15F3N2S/c1-15-6-2-3-7-17-10-5-4-9(8-16-10)11(12,13)14/h4-5,8,15H,2-3,6-7H2,1H3. The molecule has 1 heterocycles. The lowest BCUT2D eigenvalue weighted by Gasteiger charge is -2.06. The highest BCUT2D eigenvalue weighted by Gasteiger charge is 2.30. The molecule has 0 aliphatic rings. The van der Waals surface area contributed by atoms with Gasteiger partial charge in [0.15, 0.2) is 0 Å². The van der Waals surface area contributed by atoms with Gasteiger partial charge in [-0.3, -0.25) is 0 Å². The number of aromatic nitrogens is 1. The number of halogens is 3. The highest BCUT2D eigenvalue weighted by atomic mass is 32.2. The zero-order valence-corrected chi connectivity index (χ0v) is 10.4. The van der Waals surface area contributed by atoms with Crippen molar-refractivity contribution in [1.82, 2.24) is 10.3 Å². The Hall–Kier alpha value is -0.750.